The Bertz CT molecular complexity index is 272. The molecule has 0 fully saturated rings. The van der Waals surface area contributed by atoms with Crippen LogP contribution in [0.25, 0.3) is 6.20 Å². The van der Waals surface area contributed by atoms with Crippen molar-refractivity contribution in [3.8, 4) is 0 Å². The molecule has 1 aromatic heterocycles. The van der Waals surface area contributed by atoms with Gasteiger partial charge in [-0.25, -0.2) is 4.79 Å². The fourth-order valence-corrected chi connectivity index (χ4v) is 0.661. The predicted octanol–water partition coefficient (Wildman–Crippen LogP) is -2.47. The van der Waals surface area contributed by atoms with Crippen LogP contribution in [0.15, 0.2) is 36.7 Å². The third kappa shape index (κ3) is 3.88. The van der Waals surface area contributed by atoms with Gasteiger partial charge in [-0.3, -0.25) is 0 Å². The third-order valence-corrected chi connectivity index (χ3v) is 1.13. The Morgan fingerprint density at radius 3 is 2.33 bits per heavy atom. The van der Waals surface area contributed by atoms with Crippen LogP contribution in [0.1, 0.15) is 0 Å². The van der Waals surface area contributed by atoms with E-state index in [0.717, 1.165) is 6.08 Å². The number of aromatic nitrogens is 1. The monoisotopic (exact) mass is 229 g/mol. The van der Waals surface area contributed by atoms with Gasteiger partial charge in [-0.15, -0.1) is 0 Å². The number of nitrogens with zero attached hydrogens (tertiary/aromatic N) is 1. The van der Waals surface area contributed by atoms with Crippen molar-refractivity contribution >= 4 is 12.2 Å². The van der Waals surface area contributed by atoms with Gasteiger partial charge in [0.25, 0.3) is 0 Å². The minimum atomic E-state index is -0.943. The molecule has 0 aromatic carbocycles. The molecular weight excluding hydrogens is 222 g/mol. The van der Waals surface area contributed by atoms with Gasteiger partial charge in [-0.1, -0.05) is 6.07 Å². The summed E-state index contributed by atoms with van der Waals surface area (Å²) in [7, 11) is 0. The summed E-state index contributed by atoms with van der Waals surface area (Å²) in [6, 6.07) is 5.52. The molecule has 0 bridgehead atoms. The van der Waals surface area contributed by atoms with E-state index < -0.39 is 5.97 Å². The Labute approximate surface area is 80.7 Å². The van der Waals surface area contributed by atoms with E-state index in [-0.39, 0.29) is 17.0 Å². The maximum Gasteiger partial charge on any atom is 0.334 e. The van der Waals surface area contributed by atoms with Gasteiger partial charge < -0.3 is 22.1 Å². The average Bonchev–Trinajstić information content (AvgIpc) is 2.03. The molecule has 0 radical (unpaired) electrons. The second kappa shape index (κ2) is 5.49. The van der Waals surface area contributed by atoms with Gasteiger partial charge in [-0.2, -0.15) is 4.57 Å². The maximum atomic E-state index is 10.1. The van der Waals surface area contributed by atoms with E-state index in [1.807, 2.05) is 18.2 Å². The van der Waals surface area contributed by atoms with Crippen molar-refractivity contribution in [1.82, 2.24) is 0 Å². The molecular formula is C8H8BrNO2. The van der Waals surface area contributed by atoms with Crippen LogP contribution in [0.5, 0.6) is 0 Å². The van der Waals surface area contributed by atoms with Gasteiger partial charge in [0.15, 0.2) is 18.6 Å². The van der Waals surface area contributed by atoms with Gasteiger partial charge in [0.05, 0.1) is 6.08 Å². The highest BCUT2D eigenvalue weighted by Crippen LogP contribution is 1.77. The number of carboxylic acids is 1. The molecule has 3 nitrogen and oxygen atoms in total. The summed E-state index contributed by atoms with van der Waals surface area (Å²) in [4.78, 5) is 10.1. The molecule has 0 saturated heterocycles. The second-order valence-corrected chi connectivity index (χ2v) is 1.98. The van der Waals surface area contributed by atoms with Crippen molar-refractivity contribution in [2.45, 2.75) is 0 Å². The highest BCUT2D eigenvalue weighted by atomic mass is 79.9. The van der Waals surface area contributed by atoms with E-state index in [0.29, 0.717) is 0 Å². The van der Waals surface area contributed by atoms with E-state index in [1.54, 1.807) is 17.0 Å². The summed E-state index contributed by atoms with van der Waals surface area (Å²) in [5, 5.41) is 8.27. The van der Waals surface area contributed by atoms with Crippen molar-refractivity contribution in [2.75, 3.05) is 0 Å². The molecule has 1 heterocycles. The second-order valence-electron chi connectivity index (χ2n) is 1.98. The Balaban J connectivity index is 0.00000121. The molecule has 64 valence electrons. The summed E-state index contributed by atoms with van der Waals surface area (Å²) in [5.74, 6) is -0.943. The van der Waals surface area contributed by atoms with Crippen molar-refractivity contribution in [1.29, 1.82) is 0 Å². The number of aliphatic carboxylic acids is 1. The first-order valence-electron chi connectivity index (χ1n) is 3.16. The van der Waals surface area contributed by atoms with E-state index in [2.05, 4.69) is 0 Å². The summed E-state index contributed by atoms with van der Waals surface area (Å²) in [5.41, 5.74) is 0. The molecule has 0 amide bonds. The first-order valence-corrected chi connectivity index (χ1v) is 3.16. The Morgan fingerprint density at radius 2 is 1.83 bits per heavy atom. The first kappa shape index (κ1) is 10.8. The van der Waals surface area contributed by atoms with Gasteiger partial charge in [0, 0.05) is 12.1 Å². The SMILES string of the molecule is O=C(O)C=C[n+]1ccccc1.[Br-]. The topological polar surface area (TPSA) is 41.2 Å². The molecule has 1 N–H and O–H groups in total. The third-order valence-electron chi connectivity index (χ3n) is 1.13. The zero-order valence-electron chi connectivity index (χ0n) is 6.22. The molecule has 4 heteroatoms. The van der Waals surface area contributed by atoms with Crippen LogP contribution < -0.4 is 21.5 Å². The van der Waals surface area contributed by atoms with E-state index in [4.69, 9.17) is 5.11 Å². The van der Waals surface area contributed by atoms with Gasteiger partial charge >= 0.3 is 5.97 Å². The highest BCUT2D eigenvalue weighted by molar-refractivity contribution is 5.82. The van der Waals surface area contributed by atoms with Gasteiger partial charge in [0.2, 0.25) is 0 Å². The molecule has 0 spiro atoms. The van der Waals surface area contributed by atoms with Crippen molar-refractivity contribution in [2.24, 2.45) is 0 Å². The quantitative estimate of drug-likeness (QED) is 0.452. The molecule has 1 aromatic rings. The molecule has 0 unspecified atom stereocenters. The molecule has 0 saturated carbocycles. The molecule has 1 rings (SSSR count). The van der Waals surface area contributed by atoms with Crippen molar-refractivity contribution in [3.63, 3.8) is 0 Å². The zero-order valence-corrected chi connectivity index (χ0v) is 7.81. The smallest absolute Gasteiger partial charge is 0.334 e. The van der Waals surface area contributed by atoms with Crippen LogP contribution in [0, 0.1) is 0 Å². The lowest BCUT2D eigenvalue weighted by Gasteiger charge is -1.82. The van der Waals surface area contributed by atoms with Crippen LogP contribution in [-0.2, 0) is 4.79 Å². The minimum Gasteiger partial charge on any atom is -1.00 e. The number of carboxylic acid groups (broad SMARTS) is 1. The van der Waals surface area contributed by atoms with Gasteiger partial charge in [-0.05, 0) is 0 Å². The summed E-state index contributed by atoms with van der Waals surface area (Å²) in [6.07, 6.45) is 6.08. The molecule has 0 aliphatic carbocycles. The van der Waals surface area contributed by atoms with E-state index >= 15 is 0 Å². The van der Waals surface area contributed by atoms with Gasteiger partial charge in [0.1, 0.15) is 0 Å². The van der Waals surface area contributed by atoms with Crippen LogP contribution in [0.4, 0.5) is 0 Å². The largest absolute Gasteiger partial charge is 1.00 e. The normalized spacial score (nSPS) is 9.33. The number of hydrogen-bond donors (Lipinski definition) is 1. The minimum absolute atomic E-state index is 0. The Hall–Kier alpha value is -1.16. The first-order chi connectivity index (χ1) is 5.29. The van der Waals surface area contributed by atoms with Crippen LogP contribution in [0.2, 0.25) is 0 Å². The average molecular weight is 230 g/mol. The molecule has 0 aliphatic rings. The fraction of sp³-hybridized carbons (Fsp3) is 0. The Kier molecular flexibility index (Phi) is 4.96. The summed E-state index contributed by atoms with van der Waals surface area (Å²) >= 11 is 0. The highest BCUT2D eigenvalue weighted by Gasteiger charge is 1.91. The molecule has 0 atom stereocenters. The zero-order chi connectivity index (χ0) is 8.10. The Morgan fingerprint density at radius 1 is 1.25 bits per heavy atom. The number of carbonyl (C=O) groups is 1. The lowest BCUT2D eigenvalue weighted by Crippen LogP contribution is -3.00. The van der Waals surface area contributed by atoms with Crippen molar-refractivity contribution in [3.05, 3.63) is 36.7 Å². The number of halogens is 1. The predicted molar refractivity (Wildman–Crippen MR) is 39.6 cm³/mol. The van der Waals surface area contributed by atoms with Crippen LogP contribution in [0.3, 0.4) is 0 Å². The van der Waals surface area contributed by atoms with Crippen LogP contribution in [-0.4, -0.2) is 11.1 Å². The van der Waals surface area contributed by atoms with Crippen molar-refractivity contribution < 1.29 is 31.4 Å². The number of rotatable bonds is 2. The fourth-order valence-electron chi connectivity index (χ4n) is 0.661. The van der Waals surface area contributed by atoms with Crippen LogP contribution >= 0.6 is 0 Å². The van der Waals surface area contributed by atoms with E-state index in [1.165, 1.54) is 6.20 Å². The molecule has 12 heavy (non-hydrogen) atoms. The molecule has 0 aliphatic heterocycles. The summed E-state index contributed by atoms with van der Waals surface area (Å²) in [6.45, 7) is 0. The number of hydrogen-bond acceptors (Lipinski definition) is 1. The standard InChI is InChI=1S/C8H7NO2.BrH/c10-8(11)4-7-9-5-2-1-3-6-9;/h1-7H;1H. The lowest BCUT2D eigenvalue weighted by atomic mass is 10.5. The van der Waals surface area contributed by atoms with E-state index in [9.17, 15) is 4.79 Å². The number of pyridine rings is 1. The maximum absolute atomic E-state index is 10.1. The lowest BCUT2D eigenvalue weighted by molar-refractivity contribution is -0.568. The summed E-state index contributed by atoms with van der Waals surface area (Å²) < 4.78 is 1.66.